The standard InChI is InChI=1S/C9H3ClF8O2/c10-6-4(8(13,14)15)1-3(20-9(16,17)18)2-5(6)19-7(11)12/h1-2,7H. The molecule has 114 valence electrons. The van der Waals surface area contributed by atoms with Crippen molar-refractivity contribution in [1.82, 2.24) is 0 Å². The summed E-state index contributed by atoms with van der Waals surface area (Å²) in [6, 6.07) is 0.103. The number of alkyl halides is 8. The Morgan fingerprint density at radius 2 is 1.55 bits per heavy atom. The Morgan fingerprint density at radius 3 is 1.95 bits per heavy atom. The third-order valence-electron chi connectivity index (χ3n) is 1.77. The molecule has 0 N–H and O–H groups in total. The Bertz CT molecular complexity index is 482. The maximum absolute atomic E-state index is 12.5. The van der Waals surface area contributed by atoms with E-state index in [4.69, 9.17) is 11.6 Å². The van der Waals surface area contributed by atoms with Crippen molar-refractivity contribution in [3.8, 4) is 11.5 Å². The summed E-state index contributed by atoms with van der Waals surface area (Å²) >= 11 is 5.17. The van der Waals surface area contributed by atoms with Gasteiger partial charge in [0, 0.05) is 6.07 Å². The summed E-state index contributed by atoms with van der Waals surface area (Å²) in [5.41, 5.74) is -1.79. The van der Waals surface area contributed by atoms with Crippen molar-refractivity contribution in [3.63, 3.8) is 0 Å². The molecule has 0 radical (unpaired) electrons. The van der Waals surface area contributed by atoms with Gasteiger partial charge in [-0.1, -0.05) is 11.6 Å². The average Bonchev–Trinajstić information content (AvgIpc) is 2.17. The Kier molecular flexibility index (Phi) is 4.57. The molecule has 0 bridgehead atoms. The molecule has 0 unspecified atom stereocenters. The fraction of sp³-hybridized carbons (Fsp3) is 0.333. The monoisotopic (exact) mass is 330 g/mol. The second-order valence-electron chi connectivity index (χ2n) is 3.21. The SMILES string of the molecule is FC(F)Oc1cc(OC(F)(F)F)cc(C(F)(F)F)c1Cl. The van der Waals surface area contributed by atoms with Crippen LogP contribution in [-0.4, -0.2) is 13.0 Å². The van der Waals surface area contributed by atoms with Crippen molar-refractivity contribution < 1.29 is 44.6 Å². The van der Waals surface area contributed by atoms with E-state index in [-0.39, 0.29) is 12.1 Å². The summed E-state index contributed by atoms with van der Waals surface area (Å²) in [7, 11) is 0. The van der Waals surface area contributed by atoms with Gasteiger partial charge in [-0.05, 0) is 6.07 Å². The third-order valence-corrected chi connectivity index (χ3v) is 2.16. The van der Waals surface area contributed by atoms with E-state index in [1.807, 2.05) is 0 Å². The quantitative estimate of drug-likeness (QED) is 0.737. The van der Waals surface area contributed by atoms with Crippen molar-refractivity contribution >= 4 is 11.6 Å². The second-order valence-corrected chi connectivity index (χ2v) is 3.58. The molecule has 1 aromatic rings. The van der Waals surface area contributed by atoms with Crippen molar-refractivity contribution in [3.05, 3.63) is 22.7 Å². The highest BCUT2D eigenvalue weighted by molar-refractivity contribution is 6.33. The highest BCUT2D eigenvalue weighted by Gasteiger charge is 2.38. The zero-order valence-electron chi connectivity index (χ0n) is 8.95. The van der Waals surface area contributed by atoms with Gasteiger partial charge in [-0.3, -0.25) is 0 Å². The molecule has 2 nitrogen and oxygen atoms in total. The van der Waals surface area contributed by atoms with E-state index >= 15 is 0 Å². The minimum absolute atomic E-state index is 0.0752. The Labute approximate surface area is 110 Å². The van der Waals surface area contributed by atoms with Gasteiger partial charge in [-0.2, -0.15) is 22.0 Å². The molecule has 0 aliphatic rings. The number of hydrogen-bond donors (Lipinski definition) is 0. The lowest BCUT2D eigenvalue weighted by atomic mass is 10.2. The van der Waals surface area contributed by atoms with E-state index in [0.717, 1.165) is 0 Å². The molecular weight excluding hydrogens is 328 g/mol. The van der Waals surface area contributed by atoms with Gasteiger partial charge in [0.2, 0.25) is 0 Å². The van der Waals surface area contributed by atoms with Gasteiger partial charge in [0.05, 0.1) is 10.6 Å². The molecule has 0 fully saturated rings. The van der Waals surface area contributed by atoms with E-state index in [0.29, 0.717) is 0 Å². The van der Waals surface area contributed by atoms with Gasteiger partial charge >= 0.3 is 19.2 Å². The van der Waals surface area contributed by atoms with Crippen LogP contribution in [-0.2, 0) is 6.18 Å². The largest absolute Gasteiger partial charge is 0.573 e. The van der Waals surface area contributed by atoms with Crippen molar-refractivity contribution in [1.29, 1.82) is 0 Å². The molecule has 1 rings (SSSR count). The molecule has 0 aromatic heterocycles. The average molecular weight is 331 g/mol. The van der Waals surface area contributed by atoms with E-state index in [2.05, 4.69) is 9.47 Å². The number of benzene rings is 1. The van der Waals surface area contributed by atoms with Gasteiger partial charge in [-0.25, -0.2) is 0 Å². The molecule has 0 saturated heterocycles. The van der Waals surface area contributed by atoms with Crippen LogP contribution >= 0.6 is 11.6 Å². The number of rotatable bonds is 3. The molecule has 1 aromatic carbocycles. The first-order valence-electron chi connectivity index (χ1n) is 4.51. The first-order valence-corrected chi connectivity index (χ1v) is 4.89. The summed E-state index contributed by atoms with van der Waals surface area (Å²) in [5, 5.41) is -1.30. The molecule has 0 saturated carbocycles. The molecule has 20 heavy (non-hydrogen) atoms. The van der Waals surface area contributed by atoms with Crippen LogP contribution in [0.15, 0.2) is 12.1 Å². The lowest BCUT2D eigenvalue weighted by Crippen LogP contribution is -2.18. The van der Waals surface area contributed by atoms with E-state index in [1.54, 1.807) is 0 Å². The van der Waals surface area contributed by atoms with Crippen LogP contribution in [0, 0.1) is 0 Å². The van der Waals surface area contributed by atoms with E-state index in [9.17, 15) is 35.1 Å². The smallest absolute Gasteiger partial charge is 0.433 e. The zero-order valence-corrected chi connectivity index (χ0v) is 9.71. The van der Waals surface area contributed by atoms with Crippen molar-refractivity contribution in [2.75, 3.05) is 0 Å². The predicted octanol–water partition coefficient (Wildman–Crippen LogP) is 4.86. The summed E-state index contributed by atoms with van der Waals surface area (Å²) < 4.78 is 104. The van der Waals surface area contributed by atoms with Crippen LogP contribution in [0.5, 0.6) is 11.5 Å². The highest BCUT2D eigenvalue weighted by Crippen LogP contribution is 2.43. The number of halogens is 9. The maximum atomic E-state index is 12.5. The fourth-order valence-corrected chi connectivity index (χ4v) is 1.41. The van der Waals surface area contributed by atoms with Crippen LogP contribution in [0.4, 0.5) is 35.1 Å². The topological polar surface area (TPSA) is 18.5 Å². The molecular formula is C9H3ClF8O2. The normalized spacial score (nSPS) is 12.7. The Morgan fingerprint density at radius 1 is 1.00 bits per heavy atom. The van der Waals surface area contributed by atoms with Crippen LogP contribution < -0.4 is 9.47 Å². The first-order chi connectivity index (χ1) is 8.90. The van der Waals surface area contributed by atoms with Crippen molar-refractivity contribution in [2.45, 2.75) is 19.2 Å². The minimum Gasteiger partial charge on any atom is -0.433 e. The molecule has 0 spiro atoms. The summed E-state index contributed by atoms with van der Waals surface area (Å²) in [6.45, 7) is -3.57. The highest BCUT2D eigenvalue weighted by atomic mass is 35.5. The fourth-order valence-electron chi connectivity index (χ4n) is 1.15. The van der Waals surface area contributed by atoms with E-state index in [1.165, 1.54) is 0 Å². The van der Waals surface area contributed by atoms with Gasteiger partial charge in [-0.15, -0.1) is 13.2 Å². The predicted molar refractivity (Wildman–Crippen MR) is 49.8 cm³/mol. The van der Waals surface area contributed by atoms with Gasteiger partial charge in [0.15, 0.2) is 0 Å². The molecule has 0 aliphatic carbocycles. The first kappa shape index (κ1) is 16.6. The maximum Gasteiger partial charge on any atom is 0.573 e. The number of hydrogen-bond acceptors (Lipinski definition) is 2. The molecule has 0 heterocycles. The van der Waals surface area contributed by atoms with Gasteiger partial charge < -0.3 is 9.47 Å². The molecule has 0 atom stereocenters. The van der Waals surface area contributed by atoms with Gasteiger partial charge in [0.25, 0.3) is 0 Å². The zero-order chi connectivity index (χ0) is 15.7. The summed E-state index contributed by atoms with van der Waals surface area (Å²) in [4.78, 5) is 0. The lowest BCUT2D eigenvalue weighted by Gasteiger charge is -2.16. The van der Waals surface area contributed by atoms with Crippen molar-refractivity contribution in [2.24, 2.45) is 0 Å². The van der Waals surface area contributed by atoms with Crippen LogP contribution in [0.3, 0.4) is 0 Å². The summed E-state index contributed by atoms with van der Waals surface area (Å²) in [6.07, 6.45) is -10.5. The molecule has 11 heteroatoms. The van der Waals surface area contributed by atoms with Crippen LogP contribution in [0.2, 0.25) is 5.02 Å². The Hall–Kier alpha value is -1.45. The minimum atomic E-state index is -5.31. The molecule has 0 aliphatic heterocycles. The second kappa shape index (κ2) is 5.51. The van der Waals surface area contributed by atoms with Gasteiger partial charge in [0.1, 0.15) is 11.5 Å². The Balaban J connectivity index is 3.34. The molecule has 0 amide bonds. The van der Waals surface area contributed by atoms with E-state index < -0.39 is 41.2 Å². The van der Waals surface area contributed by atoms with Crippen LogP contribution in [0.1, 0.15) is 5.56 Å². The van der Waals surface area contributed by atoms with Crippen LogP contribution in [0.25, 0.3) is 0 Å². The number of ether oxygens (including phenoxy) is 2. The third kappa shape index (κ3) is 4.58. The summed E-state index contributed by atoms with van der Waals surface area (Å²) in [5.74, 6) is -2.67. The lowest BCUT2D eigenvalue weighted by molar-refractivity contribution is -0.274.